The van der Waals surface area contributed by atoms with E-state index < -0.39 is 6.03 Å². The van der Waals surface area contributed by atoms with Crippen molar-refractivity contribution in [1.29, 1.82) is 15.8 Å². The minimum Gasteiger partial charge on any atom is -0.387 e. The number of ether oxygens (including phenoxy) is 1. The van der Waals surface area contributed by atoms with E-state index in [0.29, 0.717) is 39.5 Å². The molecule has 0 saturated carbocycles. The summed E-state index contributed by atoms with van der Waals surface area (Å²) in [7, 11) is 0. The van der Waals surface area contributed by atoms with Gasteiger partial charge >= 0.3 is 6.03 Å². The summed E-state index contributed by atoms with van der Waals surface area (Å²) in [4.78, 5) is 18.6. The van der Waals surface area contributed by atoms with E-state index in [1.165, 1.54) is 9.80 Å². The Bertz CT molecular complexity index is 1570. The van der Waals surface area contributed by atoms with Crippen molar-refractivity contribution in [3.8, 4) is 24.1 Å². The minimum atomic E-state index is -0.477. The molecule has 0 unspecified atom stereocenters. The zero-order valence-electron chi connectivity index (χ0n) is 21.5. The van der Waals surface area contributed by atoms with Crippen molar-refractivity contribution in [2.24, 2.45) is 0 Å². The summed E-state index contributed by atoms with van der Waals surface area (Å²) in [6.45, 7) is 15.7. The Balaban J connectivity index is 1.97. The molecule has 3 aromatic rings. The van der Waals surface area contributed by atoms with Crippen molar-refractivity contribution >= 4 is 23.1 Å². The molecule has 0 N–H and O–H groups in total. The minimum absolute atomic E-state index is 0.270. The normalized spacial score (nSPS) is 13.2. The van der Waals surface area contributed by atoms with Crippen LogP contribution in [0.2, 0.25) is 0 Å². The van der Waals surface area contributed by atoms with Crippen molar-refractivity contribution in [2.75, 3.05) is 14.7 Å². The monoisotopic (exact) mass is 500 g/mol. The molecular formula is C30H24N6O2. The van der Waals surface area contributed by atoms with Crippen LogP contribution in [0.15, 0.2) is 73.3 Å². The molecule has 1 aliphatic heterocycles. The van der Waals surface area contributed by atoms with Gasteiger partial charge in [-0.15, -0.1) is 5.26 Å². The number of aryl methyl sites for hydroxylation is 3. The third-order valence-electron chi connectivity index (χ3n) is 6.58. The number of carbonyl (C=O) groups excluding carboxylic acids is 1. The molecule has 3 aromatic carbocycles. The van der Waals surface area contributed by atoms with Crippen LogP contribution < -0.4 is 19.4 Å². The highest BCUT2D eigenvalue weighted by Gasteiger charge is 2.40. The summed E-state index contributed by atoms with van der Waals surface area (Å²) in [6, 6.07) is 17.8. The van der Waals surface area contributed by atoms with Gasteiger partial charge in [-0.3, -0.25) is 4.90 Å². The Kier molecular flexibility index (Phi) is 6.63. The lowest BCUT2D eigenvalue weighted by molar-refractivity contribution is 0.253. The van der Waals surface area contributed by atoms with E-state index in [9.17, 15) is 20.6 Å². The average Bonchev–Trinajstić information content (AvgIpc) is 2.89. The van der Waals surface area contributed by atoms with E-state index in [1.807, 2.05) is 26.8 Å². The Morgan fingerprint density at radius 1 is 0.711 bits per heavy atom. The summed E-state index contributed by atoms with van der Waals surface area (Å²) in [5, 5.41) is 28.4. The lowest BCUT2D eigenvalue weighted by Gasteiger charge is -2.46. The molecular weight excluding hydrogens is 476 g/mol. The first kappa shape index (κ1) is 25.6. The molecule has 1 saturated heterocycles. The molecule has 0 radical (unpaired) electrons. The smallest absolute Gasteiger partial charge is 0.340 e. The number of amides is 2. The highest BCUT2D eigenvalue weighted by atomic mass is 16.5. The second kappa shape index (κ2) is 9.85. The summed E-state index contributed by atoms with van der Waals surface area (Å²) >= 11 is 0. The van der Waals surface area contributed by atoms with Crippen LogP contribution in [0.3, 0.4) is 0 Å². The van der Waals surface area contributed by atoms with Gasteiger partial charge in [-0.05, 0) is 74.7 Å². The number of urea groups is 1. The zero-order valence-corrected chi connectivity index (χ0v) is 21.5. The maximum absolute atomic E-state index is 14.1. The molecule has 0 atom stereocenters. The number of nitriles is 3. The molecule has 1 heterocycles. The number of benzene rings is 3. The van der Waals surface area contributed by atoms with Crippen molar-refractivity contribution in [2.45, 2.75) is 27.7 Å². The van der Waals surface area contributed by atoms with Crippen molar-refractivity contribution in [1.82, 2.24) is 0 Å². The molecule has 8 nitrogen and oxygen atoms in total. The van der Waals surface area contributed by atoms with Gasteiger partial charge in [0.2, 0.25) is 0 Å². The largest absolute Gasteiger partial charge is 0.387 e. The lowest BCUT2D eigenvalue weighted by Crippen LogP contribution is -2.55. The van der Waals surface area contributed by atoms with Crippen LogP contribution in [0, 0.1) is 61.9 Å². The van der Waals surface area contributed by atoms with Crippen LogP contribution in [0.25, 0.3) is 0 Å². The standard InChI is InChI=1S/C30H24N6O2/c1-18-7-10-26(13-24(18)15-31)35-22(5)34(28-12-9-20(3)29(21(28)4)38-17-33)23(6)36(30(35)37)27-11-8-19(2)25(14-27)16-32/h7-14H,5-6H2,1-4H3. The van der Waals surface area contributed by atoms with Gasteiger partial charge in [0.05, 0.1) is 40.3 Å². The molecule has 0 spiro atoms. The summed E-state index contributed by atoms with van der Waals surface area (Å²) in [5.41, 5.74) is 5.27. The number of hydrogen-bond acceptors (Lipinski definition) is 6. The number of carbonyl (C=O) groups is 1. The highest BCUT2D eigenvalue weighted by molar-refractivity contribution is 6.11. The zero-order chi connectivity index (χ0) is 27.7. The van der Waals surface area contributed by atoms with Crippen molar-refractivity contribution in [3.63, 3.8) is 0 Å². The van der Waals surface area contributed by atoms with Crippen LogP contribution in [0.5, 0.6) is 5.75 Å². The molecule has 38 heavy (non-hydrogen) atoms. The predicted octanol–water partition coefficient (Wildman–Crippen LogP) is 6.42. The summed E-state index contributed by atoms with van der Waals surface area (Å²) < 4.78 is 5.25. The first-order chi connectivity index (χ1) is 18.1. The van der Waals surface area contributed by atoms with Crippen LogP contribution in [-0.4, -0.2) is 6.03 Å². The topological polar surface area (TPSA) is 107 Å². The Morgan fingerprint density at radius 2 is 1.18 bits per heavy atom. The average molecular weight is 501 g/mol. The molecule has 0 aromatic heterocycles. The molecule has 0 bridgehead atoms. The summed E-state index contributed by atoms with van der Waals surface area (Å²) in [5.74, 6) is 0.933. The van der Waals surface area contributed by atoms with Gasteiger partial charge in [-0.1, -0.05) is 31.4 Å². The van der Waals surface area contributed by atoms with Gasteiger partial charge in [0.1, 0.15) is 17.4 Å². The fourth-order valence-electron chi connectivity index (χ4n) is 4.47. The first-order valence-electron chi connectivity index (χ1n) is 11.6. The van der Waals surface area contributed by atoms with Crippen LogP contribution in [0.1, 0.15) is 33.4 Å². The molecule has 8 heteroatoms. The fraction of sp³-hybridized carbons (Fsp3) is 0.133. The quantitative estimate of drug-likeness (QED) is 0.383. The van der Waals surface area contributed by atoms with Crippen LogP contribution in [-0.2, 0) is 0 Å². The number of rotatable bonds is 4. The predicted molar refractivity (Wildman–Crippen MR) is 145 cm³/mol. The van der Waals surface area contributed by atoms with Crippen molar-refractivity contribution < 1.29 is 9.53 Å². The van der Waals surface area contributed by atoms with Gasteiger partial charge in [0.15, 0.2) is 0 Å². The van der Waals surface area contributed by atoms with E-state index >= 15 is 0 Å². The molecule has 1 aliphatic rings. The number of hydrogen-bond donors (Lipinski definition) is 0. The fourth-order valence-corrected chi connectivity index (χ4v) is 4.47. The second-order valence-electron chi connectivity index (χ2n) is 8.89. The van der Waals surface area contributed by atoms with E-state index in [-0.39, 0.29) is 11.6 Å². The molecule has 0 aliphatic carbocycles. The van der Waals surface area contributed by atoms with Crippen LogP contribution >= 0.6 is 0 Å². The van der Waals surface area contributed by atoms with Crippen molar-refractivity contribution in [3.05, 3.63) is 107 Å². The summed E-state index contributed by atoms with van der Waals surface area (Å²) in [6.07, 6.45) is 1.73. The second-order valence-corrected chi connectivity index (χ2v) is 8.89. The van der Waals surface area contributed by atoms with E-state index in [0.717, 1.165) is 16.7 Å². The molecule has 4 rings (SSSR count). The molecule has 2 amide bonds. The molecule has 186 valence electrons. The lowest BCUT2D eigenvalue weighted by atomic mass is 10.1. The Hall–Kier alpha value is -5.52. The van der Waals surface area contributed by atoms with Gasteiger partial charge in [-0.25, -0.2) is 14.6 Å². The van der Waals surface area contributed by atoms with Gasteiger partial charge < -0.3 is 4.74 Å². The van der Waals surface area contributed by atoms with Gasteiger partial charge in [0.25, 0.3) is 6.26 Å². The number of anilines is 3. The number of nitrogens with zero attached hydrogens (tertiary/aromatic N) is 6. The van der Waals surface area contributed by atoms with Crippen LogP contribution in [0.4, 0.5) is 21.9 Å². The first-order valence-corrected chi connectivity index (χ1v) is 11.6. The third kappa shape index (κ3) is 4.09. The van der Waals surface area contributed by atoms with Gasteiger partial charge in [0, 0.05) is 5.56 Å². The maximum Gasteiger partial charge on any atom is 0.340 e. The SMILES string of the molecule is C=C1N(c2ccc(C)c(C#N)c2)C(=O)N(c2ccc(C)c(C#N)c2)C(=C)N1c1ccc(C)c(OC#N)c1C. The van der Waals surface area contributed by atoms with Gasteiger partial charge in [-0.2, -0.15) is 10.5 Å². The molecule has 1 fully saturated rings. The highest BCUT2D eigenvalue weighted by Crippen LogP contribution is 2.42. The third-order valence-corrected chi connectivity index (χ3v) is 6.58. The Morgan fingerprint density at radius 3 is 1.63 bits per heavy atom. The maximum atomic E-state index is 14.1. The van der Waals surface area contributed by atoms with E-state index in [4.69, 9.17) is 4.74 Å². The van der Waals surface area contributed by atoms with E-state index in [2.05, 4.69) is 25.3 Å². The Labute approximate surface area is 221 Å². The van der Waals surface area contributed by atoms with E-state index in [1.54, 1.807) is 60.5 Å².